The summed E-state index contributed by atoms with van der Waals surface area (Å²) in [6.07, 6.45) is 2.07. The predicted octanol–water partition coefficient (Wildman–Crippen LogP) is 6.51. The first-order valence-corrected chi connectivity index (χ1v) is 13.6. The Morgan fingerprint density at radius 2 is 1.71 bits per heavy atom. The van der Waals surface area contributed by atoms with Gasteiger partial charge in [0.1, 0.15) is 0 Å². The number of carbonyl (C=O) groups is 1. The highest BCUT2D eigenvalue weighted by atomic mass is 32.2. The Balaban J connectivity index is 1.91. The Hall–Kier alpha value is -1.54. The molecule has 0 saturated heterocycles. The molecule has 166 valence electrons. The van der Waals surface area contributed by atoms with Gasteiger partial charge in [0.05, 0.1) is 10.2 Å². The standard InChI is InChI=1S/C24H31N3OS3/c1-6-26(7-2)14-15-27(23(28)18-8-10-19(11-9-18)30-17(3)4)24-25-21-13-12-20(29-5)16-22(21)31-24/h8-13,16-17H,6-7,14-15H2,1-5H3. The summed E-state index contributed by atoms with van der Waals surface area (Å²) in [4.78, 5) is 24.9. The van der Waals surface area contributed by atoms with Crippen LogP contribution in [0.2, 0.25) is 0 Å². The second kappa shape index (κ2) is 11.4. The third-order valence-corrected chi connectivity index (χ3v) is 7.85. The van der Waals surface area contributed by atoms with Gasteiger partial charge in [-0.25, -0.2) is 4.98 Å². The zero-order valence-electron chi connectivity index (χ0n) is 18.9. The molecule has 0 aliphatic carbocycles. The van der Waals surface area contributed by atoms with E-state index < -0.39 is 0 Å². The van der Waals surface area contributed by atoms with Crippen molar-refractivity contribution < 1.29 is 4.79 Å². The Morgan fingerprint density at radius 1 is 1.03 bits per heavy atom. The van der Waals surface area contributed by atoms with Gasteiger partial charge in [-0.3, -0.25) is 9.69 Å². The fraction of sp³-hybridized carbons (Fsp3) is 0.417. The lowest BCUT2D eigenvalue weighted by molar-refractivity contribution is 0.0983. The average Bonchev–Trinajstić information content (AvgIpc) is 3.19. The van der Waals surface area contributed by atoms with Crippen LogP contribution in [0, 0.1) is 0 Å². The van der Waals surface area contributed by atoms with E-state index in [1.807, 2.05) is 35.2 Å². The molecule has 1 amide bonds. The Morgan fingerprint density at radius 3 is 2.32 bits per heavy atom. The minimum Gasteiger partial charge on any atom is -0.302 e. The number of thiazole rings is 1. The van der Waals surface area contributed by atoms with Gasteiger partial charge in [0, 0.05) is 33.7 Å². The molecule has 7 heteroatoms. The number of anilines is 1. The van der Waals surface area contributed by atoms with Gasteiger partial charge in [0.25, 0.3) is 5.91 Å². The van der Waals surface area contributed by atoms with Gasteiger partial charge in [-0.1, -0.05) is 39.0 Å². The average molecular weight is 474 g/mol. The van der Waals surface area contributed by atoms with Crippen molar-refractivity contribution in [1.29, 1.82) is 0 Å². The Bertz CT molecular complexity index is 997. The van der Waals surface area contributed by atoms with Crippen LogP contribution in [0.5, 0.6) is 0 Å². The van der Waals surface area contributed by atoms with E-state index in [1.165, 1.54) is 9.79 Å². The number of nitrogens with zero attached hydrogens (tertiary/aromatic N) is 3. The van der Waals surface area contributed by atoms with Crippen molar-refractivity contribution >= 4 is 56.1 Å². The van der Waals surface area contributed by atoms with E-state index in [4.69, 9.17) is 4.98 Å². The van der Waals surface area contributed by atoms with E-state index in [-0.39, 0.29) is 5.91 Å². The highest BCUT2D eigenvalue weighted by molar-refractivity contribution is 8.00. The molecule has 0 radical (unpaired) electrons. The van der Waals surface area contributed by atoms with Crippen molar-refractivity contribution in [2.24, 2.45) is 0 Å². The number of carbonyl (C=O) groups excluding carboxylic acids is 1. The molecule has 2 aromatic carbocycles. The van der Waals surface area contributed by atoms with Gasteiger partial charge >= 0.3 is 0 Å². The summed E-state index contributed by atoms with van der Waals surface area (Å²) >= 11 is 5.12. The van der Waals surface area contributed by atoms with Crippen LogP contribution in [0.1, 0.15) is 38.1 Å². The largest absolute Gasteiger partial charge is 0.302 e. The fourth-order valence-electron chi connectivity index (χ4n) is 3.30. The van der Waals surface area contributed by atoms with Crippen molar-refractivity contribution in [3.8, 4) is 0 Å². The van der Waals surface area contributed by atoms with Crippen LogP contribution >= 0.6 is 34.9 Å². The first kappa shape index (κ1) is 24.1. The predicted molar refractivity (Wildman–Crippen MR) is 138 cm³/mol. The van der Waals surface area contributed by atoms with E-state index in [9.17, 15) is 4.79 Å². The van der Waals surface area contributed by atoms with Crippen LogP contribution in [0.4, 0.5) is 5.13 Å². The van der Waals surface area contributed by atoms with Gasteiger partial charge in [-0.05, 0) is 61.8 Å². The maximum Gasteiger partial charge on any atom is 0.260 e. The minimum atomic E-state index is 0.0115. The molecule has 0 aliphatic rings. The monoisotopic (exact) mass is 473 g/mol. The highest BCUT2D eigenvalue weighted by Gasteiger charge is 2.22. The SMILES string of the molecule is CCN(CC)CCN(C(=O)c1ccc(SC(C)C)cc1)c1nc2ccc(SC)cc2s1. The summed E-state index contributed by atoms with van der Waals surface area (Å²) < 4.78 is 1.12. The van der Waals surface area contributed by atoms with Crippen LogP contribution < -0.4 is 4.90 Å². The molecule has 0 aliphatic heterocycles. The molecule has 0 N–H and O–H groups in total. The number of aromatic nitrogens is 1. The maximum absolute atomic E-state index is 13.5. The molecule has 0 atom stereocenters. The fourth-order valence-corrected chi connectivity index (χ4v) is 5.69. The van der Waals surface area contributed by atoms with Crippen molar-refractivity contribution in [2.45, 2.75) is 42.7 Å². The summed E-state index contributed by atoms with van der Waals surface area (Å²) in [5, 5.41) is 1.28. The van der Waals surface area contributed by atoms with Crippen LogP contribution in [0.15, 0.2) is 52.3 Å². The van der Waals surface area contributed by atoms with Crippen LogP contribution in [0.3, 0.4) is 0 Å². The molecule has 1 aromatic heterocycles. The van der Waals surface area contributed by atoms with E-state index in [0.29, 0.717) is 17.4 Å². The normalized spacial score (nSPS) is 11.6. The molecule has 3 rings (SSSR count). The lowest BCUT2D eigenvalue weighted by Gasteiger charge is -2.24. The Kier molecular flexibility index (Phi) is 8.84. The first-order chi connectivity index (χ1) is 14.9. The molecule has 1 heterocycles. The molecule has 0 fully saturated rings. The lowest BCUT2D eigenvalue weighted by Crippen LogP contribution is -2.38. The smallest absolute Gasteiger partial charge is 0.260 e. The number of rotatable bonds is 10. The third kappa shape index (κ3) is 6.25. The minimum absolute atomic E-state index is 0.0115. The zero-order valence-corrected chi connectivity index (χ0v) is 21.4. The molecule has 31 heavy (non-hydrogen) atoms. The zero-order chi connectivity index (χ0) is 22.4. The number of benzene rings is 2. The third-order valence-electron chi connectivity index (χ3n) is 5.07. The highest BCUT2D eigenvalue weighted by Crippen LogP contribution is 2.32. The van der Waals surface area contributed by atoms with Crippen molar-refractivity contribution in [1.82, 2.24) is 9.88 Å². The first-order valence-electron chi connectivity index (χ1n) is 10.7. The van der Waals surface area contributed by atoms with Crippen LogP contribution in [-0.4, -0.2) is 53.5 Å². The molecule has 3 aromatic rings. The van der Waals surface area contributed by atoms with E-state index in [2.05, 4.69) is 51.0 Å². The van der Waals surface area contributed by atoms with Crippen molar-refractivity contribution in [2.75, 3.05) is 37.3 Å². The molecule has 0 saturated carbocycles. The van der Waals surface area contributed by atoms with Gasteiger partial charge < -0.3 is 4.90 Å². The molecule has 0 spiro atoms. The van der Waals surface area contributed by atoms with Crippen LogP contribution in [-0.2, 0) is 0 Å². The van der Waals surface area contributed by atoms with Gasteiger partial charge in [-0.2, -0.15) is 0 Å². The summed E-state index contributed by atoms with van der Waals surface area (Å²) in [5.74, 6) is 0.0115. The van der Waals surface area contributed by atoms with Crippen molar-refractivity contribution in [3.63, 3.8) is 0 Å². The quantitative estimate of drug-likeness (QED) is 0.314. The van der Waals surface area contributed by atoms with Gasteiger partial charge in [0.15, 0.2) is 5.13 Å². The molecular weight excluding hydrogens is 442 g/mol. The lowest BCUT2D eigenvalue weighted by atomic mass is 10.2. The van der Waals surface area contributed by atoms with Crippen LogP contribution in [0.25, 0.3) is 10.2 Å². The Labute approximate surface area is 198 Å². The summed E-state index contributed by atoms with van der Waals surface area (Å²) in [7, 11) is 0. The molecule has 0 unspecified atom stereocenters. The van der Waals surface area contributed by atoms with Gasteiger partial charge in [0.2, 0.25) is 0 Å². The molecule has 4 nitrogen and oxygen atoms in total. The number of hydrogen-bond donors (Lipinski definition) is 0. The number of fused-ring (bicyclic) bond motifs is 1. The van der Waals surface area contributed by atoms with E-state index in [1.54, 1.807) is 34.9 Å². The summed E-state index contributed by atoms with van der Waals surface area (Å²) in [6.45, 7) is 12.0. The number of amides is 1. The maximum atomic E-state index is 13.5. The number of thioether (sulfide) groups is 2. The van der Waals surface area contributed by atoms with Crippen molar-refractivity contribution in [3.05, 3.63) is 48.0 Å². The molecular formula is C24H31N3OS3. The number of likely N-dealkylation sites (N-methyl/N-ethyl adjacent to an activating group) is 1. The van der Waals surface area contributed by atoms with E-state index >= 15 is 0 Å². The number of hydrogen-bond acceptors (Lipinski definition) is 6. The van der Waals surface area contributed by atoms with Gasteiger partial charge in [-0.15, -0.1) is 23.5 Å². The molecule has 0 bridgehead atoms. The summed E-state index contributed by atoms with van der Waals surface area (Å²) in [5.41, 5.74) is 1.65. The second-order valence-corrected chi connectivity index (χ2v) is 11.0. The second-order valence-electron chi connectivity index (χ2n) is 7.50. The van der Waals surface area contributed by atoms with E-state index in [0.717, 1.165) is 35.0 Å². The topological polar surface area (TPSA) is 36.4 Å². The summed E-state index contributed by atoms with van der Waals surface area (Å²) in [6, 6.07) is 14.3.